The summed E-state index contributed by atoms with van der Waals surface area (Å²) in [5, 5.41) is 7.04. The fraction of sp³-hybridized carbons (Fsp3) is 0.214. The van der Waals surface area contributed by atoms with Gasteiger partial charge >= 0.3 is 12.1 Å². The number of benzene rings is 3. The summed E-state index contributed by atoms with van der Waals surface area (Å²) in [6.45, 7) is -0.545. The number of hydrogen-bond acceptors (Lipinski definition) is 5. The molecule has 194 valence electrons. The highest BCUT2D eigenvalue weighted by atomic mass is 19.4. The lowest BCUT2D eigenvalue weighted by Gasteiger charge is -2.26. The summed E-state index contributed by atoms with van der Waals surface area (Å²) >= 11 is 0. The van der Waals surface area contributed by atoms with Crippen LogP contribution in [0, 0.1) is 0 Å². The van der Waals surface area contributed by atoms with Gasteiger partial charge in [-0.25, -0.2) is 14.5 Å². The highest BCUT2D eigenvalue weighted by molar-refractivity contribution is 5.88. The predicted molar refractivity (Wildman–Crippen MR) is 132 cm³/mol. The van der Waals surface area contributed by atoms with E-state index in [0.717, 1.165) is 41.6 Å². The van der Waals surface area contributed by atoms with E-state index in [2.05, 4.69) is 15.4 Å². The van der Waals surface area contributed by atoms with Crippen LogP contribution in [0.2, 0.25) is 0 Å². The third-order valence-corrected chi connectivity index (χ3v) is 6.28. The molecule has 0 aliphatic heterocycles. The van der Waals surface area contributed by atoms with Crippen molar-refractivity contribution in [2.75, 3.05) is 6.61 Å². The highest BCUT2D eigenvalue weighted by Gasteiger charge is 2.31. The summed E-state index contributed by atoms with van der Waals surface area (Å²) in [6, 6.07) is 20.9. The van der Waals surface area contributed by atoms with Gasteiger partial charge in [-0.15, -0.1) is 5.10 Å². The van der Waals surface area contributed by atoms with Crippen LogP contribution < -0.4 is 5.32 Å². The van der Waals surface area contributed by atoms with E-state index >= 15 is 0 Å². The van der Waals surface area contributed by atoms with Gasteiger partial charge in [-0.1, -0.05) is 60.7 Å². The van der Waals surface area contributed by atoms with Crippen LogP contribution in [-0.4, -0.2) is 33.2 Å². The maximum atomic E-state index is 13.3. The van der Waals surface area contributed by atoms with E-state index in [0.29, 0.717) is 5.56 Å². The molecule has 1 atom stereocenters. The number of esters is 1. The topological polar surface area (TPSA) is 86.1 Å². The molecule has 1 heterocycles. The largest absolute Gasteiger partial charge is 0.450 e. The standard InChI is InChI=1S/C28H23F3N4O3/c29-28(30,31)20-12-7-13-21(16-20)35-26(19-9-2-1-3-10-19)33-25(34-35)27(37)38-17-24(36)32-23-15-6-11-18-8-4-5-14-22(18)23/h1-5,7-10,12-14,16,23H,6,11,15,17H2,(H,32,36). The van der Waals surface area contributed by atoms with Crippen LogP contribution in [-0.2, 0) is 22.1 Å². The number of hydrogen-bond donors (Lipinski definition) is 1. The first kappa shape index (κ1) is 25.2. The summed E-state index contributed by atoms with van der Waals surface area (Å²) in [5.74, 6) is -1.66. The quantitative estimate of drug-likeness (QED) is 0.349. The molecule has 1 N–H and O–H groups in total. The highest BCUT2D eigenvalue weighted by Crippen LogP contribution is 2.32. The van der Waals surface area contributed by atoms with Crippen LogP contribution in [0.3, 0.4) is 0 Å². The van der Waals surface area contributed by atoms with Gasteiger partial charge in [0.2, 0.25) is 0 Å². The van der Waals surface area contributed by atoms with E-state index < -0.39 is 30.2 Å². The number of carbonyl (C=O) groups excluding carboxylic acids is 2. The summed E-state index contributed by atoms with van der Waals surface area (Å²) in [4.78, 5) is 29.6. The second-order valence-electron chi connectivity index (χ2n) is 8.87. The molecular weight excluding hydrogens is 497 g/mol. The molecule has 3 aromatic carbocycles. The number of alkyl halides is 3. The number of rotatable bonds is 6. The molecular formula is C28H23F3N4O3. The number of carbonyl (C=O) groups is 2. The molecule has 5 rings (SSSR count). The third-order valence-electron chi connectivity index (χ3n) is 6.28. The van der Waals surface area contributed by atoms with Crippen molar-refractivity contribution < 1.29 is 27.5 Å². The number of fused-ring (bicyclic) bond motifs is 1. The van der Waals surface area contributed by atoms with Crippen molar-refractivity contribution >= 4 is 11.9 Å². The van der Waals surface area contributed by atoms with Crippen LogP contribution in [0.1, 0.15) is 46.2 Å². The Morgan fingerprint density at radius 2 is 1.76 bits per heavy atom. The van der Waals surface area contributed by atoms with E-state index in [9.17, 15) is 22.8 Å². The average molecular weight is 521 g/mol. The van der Waals surface area contributed by atoms with Crippen molar-refractivity contribution in [3.8, 4) is 17.1 Å². The molecule has 1 aromatic heterocycles. The Morgan fingerprint density at radius 1 is 1.00 bits per heavy atom. The van der Waals surface area contributed by atoms with Crippen molar-refractivity contribution in [1.82, 2.24) is 20.1 Å². The van der Waals surface area contributed by atoms with Crippen molar-refractivity contribution in [3.05, 3.63) is 101 Å². The molecule has 38 heavy (non-hydrogen) atoms. The maximum Gasteiger partial charge on any atom is 0.416 e. The summed E-state index contributed by atoms with van der Waals surface area (Å²) in [7, 11) is 0. The number of halogens is 3. The number of aromatic nitrogens is 3. The fourth-order valence-electron chi connectivity index (χ4n) is 4.50. The Hall–Kier alpha value is -4.47. The zero-order valence-corrected chi connectivity index (χ0v) is 20.1. The van der Waals surface area contributed by atoms with Crippen LogP contribution in [0.15, 0.2) is 78.9 Å². The van der Waals surface area contributed by atoms with E-state index in [1.807, 2.05) is 24.3 Å². The Balaban J connectivity index is 1.35. The van der Waals surface area contributed by atoms with Crippen LogP contribution >= 0.6 is 0 Å². The van der Waals surface area contributed by atoms with E-state index in [4.69, 9.17) is 4.74 Å². The lowest BCUT2D eigenvalue weighted by molar-refractivity contribution is -0.137. The number of nitrogens with zero attached hydrogens (tertiary/aromatic N) is 3. The fourth-order valence-corrected chi connectivity index (χ4v) is 4.50. The zero-order valence-electron chi connectivity index (χ0n) is 20.1. The summed E-state index contributed by atoms with van der Waals surface area (Å²) < 4.78 is 46.2. The lowest BCUT2D eigenvalue weighted by Crippen LogP contribution is -2.34. The molecule has 10 heteroatoms. The van der Waals surface area contributed by atoms with Crippen molar-refractivity contribution in [2.45, 2.75) is 31.5 Å². The van der Waals surface area contributed by atoms with E-state index in [-0.39, 0.29) is 23.4 Å². The van der Waals surface area contributed by atoms with Crippen LogP contribution in [0.5, 0.6) is 0 Å². The Labute approximate surface area is 216 Å². The minimum absolute atomic E-state index is 0.0685. The van der Waals surface area contributed by atoms with Crippen LogP contribution in [0.25, 0.3) is 17.1 Å². The molecule has 0 saturated heterocycles. The smallest absolute Gasteiger partial charge is 0.416 e. The van der Waals surface area contributed by atoms with Crippen LogP contribution in [0.4, 0.5) is 13.2 Å². The summed E-state index contributed by atoms with van der Waals surface area (Å²) in [6.07, 6.45) is -1.90. The van der Waals surface area contributed by atoms with Gasteiger partial charge in [-0.3, -0.25) is 4.79 Å². The molecule has 1 amide bonds. The molecule has 1 unspecified atom stereocenters. The summed E-state index contributed by atoms with van der Waals surface area (Å²) in [5.41, 5.74) is 1.96. The third kappa shape index (κ3) is 5.44. The van der Waals surface area contributed by atoms with Crippen molar-refractivity contribution in [3.63, 3.8) is 0 Å². The van der Waals surface area contributed by atoms with Crippen molar-refractivity contribution in [2.24, 2.45) is 0 Å². The predicted octanol–water partition coefficient (Wildman–Crippen LogP) is 5.30. The molecule has 0 saturated carbocycles. The molecule has 1 aliphatic rings. The van der Waals surface area contributed by atoms with Gasteiger partial charge in [-0.05, 0) is 48.6 Å². The number of aryl methyl sites for hydroxylation is 1. The Bertz CT molecular complexity index is 1470. The first-order valence-electron chi connectivity index (χ1n) is 12.0. The van der Waals surface area contributed by atoms with Gasteiger partial charge < -0.3 is 10.1 Å². The van der Waals surface area contributed by atoms with E-state index in [1.54, 1.807) is 30.3 Å². The second-order valence-corrected chi connectivity index (χ2v) is 8.87. The minimum Gasteiger partial charge on any atom is -0.450 e. The monoisotopic (exact) mass is 520 g/mol. The molecule has 1 aliphatic carbocycles. The average Bonchev–Trinajstić information content (AvgIpc) is 3.38. The molecule has 0 bridgehead atoms. The van der Waals surface area contributed by atoms with Gasteiger partial charge in [0.25, 0.3) is 11.7 Å². The molecule has 0 radical (unpaired) electrons. The lowest BCUT2D eigenvalue weighted by atomic mass is 9.88. The number of ether oxygens (including phenoxy) is 1. The van der Waals surface area contributed by atoms with Gasteiger partial charge in [0.15, 0.2) is 12.4 Å². The van der Waals surface area contributed by atoms with Gasteiger partial charge in [-0.2, -0.15) is 13.2 Å². The Kier molecular flexibility index (Phi) is 6.95. The van der Waals surface area contributed by atoms with Gasteiger partial charge in [0.05, 0.1) is 17.3 Å². The number of amides is 1. The zero-order chi connectivity index (χ0) is 26.7. The first-order valence-corrected chi connectivity index (χ1v) is 12.0. The first-order chi connectivity index (χ1) is 18.3. The molecule has 4 aromatic rings. The van der Waals surface area contributed by atoms with Gasteiger partial charge in [0, 0.05) is 5.56 Å². The Morgan fingerprint density at radius 3 is 2.55 bits per heavy atom. The normalized spacial score (nSPS) is 15.0. The SMILES string of the molecule is O=C(COC(=O)c1nc(-c2ccccc2)n(-c2cccc(C(F)(F)F)c2)n1)NC1CCCc2ccccc21. The second kappa shape index (κ2) is 10.5. The minimum atomic E-state index is -4.56. The molecule has 7 nitrogen and oxygen atoms in total. The number of nitrogens with one attached hydrogen (secondary N) is 1. The van der Waals surface area contributed by atoms with Crippen molar-refractivity contribution in [1.29, 1.82) is 0 Å². The molecule has 0 fully saturated rings. The van der Waals surface area contributed by atoms with E-state index in [1.165, 1.54) is 17.7 Å². The maximum absolute atomic E-state index is 13.3. The van der Waals surface area contributed by atoms with Gasteiger partial charge in [0.1, 0.15) is 0 Å². The molecule has 0 spiro atoms.